The van der Waals surface area contributed by atoms with Gasteiger partial charge in [-0.05, 0) is 6.07 Å². The van der Waals surface area contributed by atoms with E-state index in [9.17, 15) is 18.0 Å². The molecular formula is C7H3ClF3NO. The van der Waals surface area contributed by atoms with Crippen LogP contribution < -0.4 is 0 Å². The maximum Gasteiger partial charge on any atom is 0.454 e. The molecule has 1 aromatic heterocycles. The highest BCUT2D eigenvalue weighted by Gasteiger charge is 2.39. The van der Waals surface area contributed by atoms with Crippen LogP contribution in [0.15, 0.2) is 18.5 Å². The van der Waals surface area contributed by atoms with Gasteiger partial charge in [0, 0.05) is 18.0 Å². The number of ketones is 1. The van der Waals surface area contributed by atoms with E-state index in [4.69, 9.17) is 11.6 Å². The molecule has 0 amide bonds. The third kappa shape index (κ3) is 2.42. The van der Waals surface area contributed by atoms with E-state index in [1.165, 1.54) is 0 Å². The maximum atomic E-state index is 11.8. The largest absolute Gasteiger partial charge is 0.454 e. The highest BCUT2D eigenvalue weighted by Crippen LogP contribution is 2.22. The number of nitrogens with zero attached hydrogens (tertiary/aromatic N) is 1. The minimum atomic E-state index is -4.88. The molecule has 0 aliphatic heterocycles. The zero-order valence-corrected chi connectivity index (χ0v) is 6.86. The van der Waals surface area contributed by atoms with Gasteiger partial charge in [-0.3, -0.25) is 9.78 Å². The van der Waals surface area contributed by atoms with Crippen molar-refractivity contribution in [1.82, 2.24) is 4.98 Å². The molecule has 0 saturated heterocycles. The Kier molecular flexibility index (Phi) is 2.56. The minimum Gasteiger partial charge on any atom is -0.284 e. The summed E-state index contributed by atoms with van der Waals surface area (Å²) in [5.74, 6) is -1.94. The third-order valence-electron chi connectivity index (χ3n) is 1.22. The van der Waals surface area contributed by atoms with Gasteiger partial charge in [-0.2, -0.15) is 13.2 Å². The molecule has 0 unspecified atom stereocenters. The molecule has 0 fully saturated rings. The topological polar surface area (TPSA) is 30.0 Å². The number of Topliss-reactive ketones (excluding diaryl/α,β-unsaturated/α-hetero) is 1. The van der Waals surface area contributed by atoms with E-state index in [1.54, 1.807) is 0 Å². The summed E-state index contributed by atoms with van der Waals surface area (Å²) < 4.78 is 35.5. The van der Waals surface area contributed by atoms with Crippen molar-refractivity contribution in [2.45, 2.75) is 6.18 Å². The van der Waals surface area contributed by atoms with Gasteiger partial charge in [-0.15, -0.1) is 0 Å². The molecule has 0 aliphatic rings. The van der Waals surface area contributed by atoms with Crippen LogP contribution in [0.3, 0.4) is 0 Å². The number of carbonyl (C=O) groups is 1. The van der Waals surface area contributed by atoms with E-state index in [2.05, 4.69) is 4.98 Å². The fourth-order valence-corrected chi connectivity index (χ4v) is 0.874. The second kappa shape index (κ2) is 3.33. The Hall–Kier alpha value is -1.10. The quantitative estimate of drug-likeness (QED) is 0.665. The summed E-state index contributed by atoms with van der Waals surface area (Å²) >= 11 is 5.36. The average Bonchev–Trinajstić information content (AvgIpc) is 2.01. The summed E-state index contributed by atoms with van der Waals surface area (Å²) in [5, 5.41) is -0.00454. The molecule has 0 N–H and O–H groups in total. The Morgan fingerprint density at radius 2 is 2.00 bits per heavy atom. The van der Waals surface area contributed by atoms with Crippen molar-refractivity contribution in [1.29, 1.82) is 0 Å². The lowest BCUT2D eigenvalue weighted by Gasteiger charge is -2.03. The first-order valence-corrected chi connectivity index (χ1v) is 3.51. The molecule has 1 heterocycles. The van der Waals surface area contributed by atoms with Gasteiger partial charge in [-0.25, -0.2) is 0 Å². The summed E-state index contributed by atoms with van der Waals surface area (Å²) in [6.45, 7) is 0. The molecule has 0 saturated carbocycles. The van der Waals surface area contributed by atoms with E-state index in [0.29, 0.717) is 0 Å². The molecule has 2 nitrogen and oxygen atoms in total. The molecular weight excluding hydrogens is 207 g/mol. The molecule has 6 heteroatoms. The van der Waals surface area contributed by atoms with Crippen LogP contribution in [0.4, 0.5) is 13.2 Å². The van der Waals surface area contributed by atoms with Crippen molar-refractivity contribution in [3.8, 4) is 0 Å². The van der Waals surface area contributed by atoms with Gasteiger partial charge < -0.3 is 0 Å². The number of carbonyl (C=O) groups excluding carboxylic acids is 1. The van der Waals surface area contributed by atoms with Gasteiger partial charge in [-0.1, -0.05) is 11.6 Å². The van der Waals surface area contributed by atoms with Crippen LogP contribution in [0.25, 0.3) is 0 Å². The van der Waals surface area contributed by atoms with Crippen molar-refractivity contribution in [2.24, 2.45) is 0 Å². The van der Waals surface area contributed by atoms with Gasteiger partial charge in [0.05, 0.1) is 5.02 Å². The Morgan fingerprint density at radius 3 is 2.46 bits per heavy atom. The molecule has 1 aromatic rings. The van der Waals surface area contributed by atoms with Crippen LogP contribution in [0.5, 0.6) is 0 Å². The van der Waals surface area contributed by atoms with Crippen LogP contribution in [0.2, 0.25) is 5.02 Å². The first-order valence-electron chi connectivity index (χ1n) is 3.13. The number of hydrogen-bond acceptors (Lipinski definition) is 2. The van der Waals surface area contributed by atoms with Gasteiger partial charge in [0.2, 0.25) is 0 Å². The van der Waals surface area contributed by atoms with Crippen molar-refractivity contribution >= 4 is 17.4 Å². The predicted molar refractivity (Wildman–Crippen MR) is 39.6 cm³/mol. The van der Waals surface area contributed by atoms with E-state index in [1.807, 2.05) is 0 Å². The molecule has 0 atom stereocenters. The third-order valence-corrected chi connectivity index (χ3v) is 1.43. The molecule has 0 radical (unpaired) electrons. The zero-order chi connectivity index (χ0) is 10.1. The number of halogens is 4. The van der Waals surface area contributed by atoms with Crippen molar-refractivity contribution in [2.75, 3.05) is 0 Å². The van der Waals surface area contributed by atoms with Crippen LogP contribution in [0, 0.1) is 0 Å². The fraction of sp³-hybridized carbons (Fsp3) is 0.143. The normalized spacial score (nSPS) is 11.4. The van der Waals surface area contributed by atoms with Crippen molar-refractivity contribution in [3.63, 3.8) is 0 Å². The Bertz CT molecular complexity index is 337. The molecule has 1 rings (SSSR count). The highest BCUT2D eigenvalue weighted by molar-refractivity contribution is 6.30. The molecule has 13 heavy (non-hydrogen) atoms. The van der Waals surface area contributed by atoms with E-state index in [0.717, 1.165) is 18.5 Å². The standard InChI is InChI=1S/C7H3ClF3NO/c8-5-1-4(2-12-3-5)6(13)7(9,10)11/h1-3H. The number of hydrogen-bond donors (Lipinski definition) is 0. The Balaban J connectivity index is 3.03. The van der Waals surface area contributed by atoms with Crippen LogP contribution in [-0.4, -0.2) is 16.9 Å². The van der Waals surface area contributed by atoms with Crippen molar-refractivity contribution < 1.29 is 18.0 Å². The Labute approximate surface area is 76.3 Å². The summed E-state index contributed by atoms with van der Waals surface area (Å²) in [7, 11) is 0. The van der Waals surface area contributed by atoms with Gasteiger partial charge in [0.25, 0.3) is 5.78 Å². The van der Waals surface area contributed by atoms with Crippen molar-refractivity contribution in [3.05, 3.63) is 29.0 Å². The number of aromatic nitrogens is 1. The second-order valence-electron chi connectivity index (χ2n) is 2.22. The lowest BCUT2D eigenvalue weighted by Crippen LogP contribution is -2.22. The average molecular weight is 210 g/mol. The first-order chi connectivity index (χ1) is 5.91. The minimum absolute atomic E-state index is 0.00454. The lowest BCUT2D eigenvalue weighted by molar-refractivity contribution is -0.0885. The molecule has 0 aliphatic carbocycles. The zero-order valence-electron chi connectivity index (χ0n) is 6.10. The SMILES string of the molecule is O=C(c1cncc(Cl)c1)C(F)(F)F. The number of alkyl halides is 3. The van der Waals surface area contributed by atoms with Crippen LogP contribution in [-0.2, 0) is 0 Å². The molecule has 0 aromatic carbocycles. The van der Waals surface area contributed by atoms with E-state index in [-0.39, 0.29) is 5.02 Å². The highest BCUT2D eigenvalue weighted by atomic mass is 35.5. The van der Waals surface area contributed by atoms with Gasteiger partial charge in [0.15, 0.2) is 0 Å². The van der Waals surface area contributed by atoms with Crippen LogP contribution >= 0.6 is 11.6 Å². The first kappa shape index (κ1) is 9.98. The lowest BCUT2D eigenvalue weighted by atomic mass is 10.2. The smallest absolute Gasteiger partial charge is 0.284 e. The van der Waals surface area contributed by atoms with Crippen LogP contribution in [0.1, 0.15) is 10.4 Å². The van der Waals surface area contributed by atoms with Gasteiger partial charge >= 0.3 is 6.18 Å². The number of pyridine rings is 1. The molecule has 0 bridgehead atoms. The summed E-state index contributed by atoms with van der Waals surface area (Å²) in [4.78, 5) is 14.0. The van der Waals surface area contributed by atoms with E-state index >= 15 is 0 Å². The summed E-state index contributed by atoms with van der Waals surface area (Å²) in [5.41, 5.74) is -0.556. The van der Waals surface area contributed by atoms with Gasteiger partial charge in [0.1, 0.15) is 0 Å². The summed E-state index contributed by atoms with van der Waals surface area (Å²) in [6.07, 6.45) is -2.91. The van der Waals surface area contributed by atoms with E-state index < -0.39 is 17.5 Å². The maximum absolute atomic E-state index is 11.8. The monoisotopic (exact) mass is 209 g/mol. The predicted octanol–water partition coefficient (Wildman–Crippen LogP) is 2.48. The molecule has 70 valence electrons. The fourth-order valence-electron chi connectivity index (χ4n) is 0.700. The number of rotatable bonds is 1. The second-order valence-corrected chi connectivity index (χ2v) is 2.66. The Morgan fingerprint density at radius 1 is 1.38 bits per heavy atom. The summed E-state index contributed by atoms with van der Waals surface area (Å²) in [6, 6.07) is 0.921. The molecule has 0 spiro atoms.